The van der Waals surface area contributed by atoms with Crippen molar-refractivity contribution in [3.8, 4) is 22.6 Å². The Kier molecular flexibility index (Phi) is 10.2. The van der Waals surface area contributed by atoms with E-state index in [2.05, 4.69) is 53.2 Å². The first-order valence-electron chi connectivity index (χ1n) is 15.7. The van der Waals surface area contributed by atoms with Gasteiger partial charge < -0.3 is 25.0 Å². The molecule has 0 radical (unpaired) electrons. The molecule has 0 bridgehead atoms. The van der Waals surface area contributed by atoms with Crippen molar-refractivity contribution in [2.75, 3.05) is 64.6 Å². The van der Waals surface area contributed by atoms with Crippen LogP contribution in [0.25, 0.3) is 22.2 Å². The third kappa shape index (κ3) is 8.90. The van der Waals surface area contributed by atoms with E-state index in [0.29, 0.717) is 46.9 Å². The zero-order valence-electron chi connectivity index (χ0n) is 27.3. The Labute approximate surface area is 265 Å². The summed E-state index contributed by atoms with van der Waals surface area (Å²) in [5.41, 5.74) is 1.49. The highest BCUT2D eigenvalue weighted by Gasteiger charge is 2.25. The minimum Gasteiger partial charge on any atom is -0.497 e. The highest BCUT2D eigenvalue weighted by atomic mass is 16.5. The first kappa shape index (κ1) is 32.1. The zero-order chi connectivity index (χ0) is 32.0. The number of amides is 2. The van der Waals surface area contributed by atoms with Crippen LogP contribution in [0, 0.1) is 5.92 Å². The lowest BCUT2D eigenvalue weighted by Crippen LogP contribution is -2.43. The standard InChI is InChI=1S/C32H46N10O3/c1-32(2,3)38-31(43)37-29-27(22-13-25(44-5)16-26(14-22)45-6)15-23-17-34-30(36-28(23)35-29)33-11-7-10-24-20-42(40-39-24)19-21-9-8-12-41(4)18-21/h13-17,21,24H,7-12,18-20H2,1-6H3,(H3,33,34,35,36,37,38,43). The summed E-state index contributed by atoms with van der Waals surface area (Å²) in [7, 11) is 5.39. The number of fused-ring (bicyclic) bond motifs is 1. The molecule has 45 heavy (non-hydrogen) atoms. The number of nitrogens with zero attached hydrogens (tertiary/aromatic N) is 7. The van der Waals surface area contributed by atoms with E-state index < -0.39 is 5.54 Å². The van der Waals surface area contributed by atoms with Gasteiger partial charge in [-0.15, -0.1) is 0 Å². The first-order valence-corrected chi connectivity index (χ1v) is 15.7. The van der Waals surface area contributed by atoms with Gasteiger partial charge in [0.15, 0.2) is 5.65 Å². The number of rotatable bonds is 11. The summed E-state index contributed by atoms with van der Waals surface area (Å²) in [5, 5.41) is 21.0. The van der Waals surface area contributed by atoms with E-state index in [1.54, 1.807) is 26.5 Å². The largest absolute Gasteiger partial charge is 0.497 e. The van der Waals surface area contributed by atoms with Gasteiger partial charge in [-0.25, -0.2) is 14.8 Å². The molecule has 1 saturated heterocycles. The van der Waals surface area contributed by atoms with Crippen LogP contribution in [0.2, 0.25) is 0 Å². The number of aromatic nitrogens is 3. The Hall–Kier alpha value is -4.26. The number of hydrogen-bond donors (Lipinski definition) is 3. The third-order valence-electron chi connectivity index (χ3n) is 7.90. The van der Waals surface area contributed by atoms with E-state index in [4.69, 9.17) is 14.5 Å². The van der Waals surface area contributed by atoms with Gasteiger partial charge in [-0.2, -0.15) is 10.1 Å². The average molecular weight is 619 g/mol. The van der Waals surface area contributed by atoms with Crippen molar-refractivity contribution in [2.24, 2.45) is 16.3 Å². The maximum absolute atomic E-state index is 12.9. The Balaban J connectivity index is 1.25. The molecule has 0 spiro atoms. The molecule has 242 valence electrons. The van der Waals surface area contributed by atoms with Crippen LogP contribution in [0.5, 0.6) is 11.5 Å². The molecule has 3 N–H and O–H groups in total. The molecular weight excluding hydrogens is 572 g/mol. The summed E-state index contributed by atoms with van der Waals surface area (Å²) < 4.78 is 11.0. The lowest BCUT2D eigenvalue weighted by molar-refractivity contribution is 0.159. The predicted molar refractivity (Wildman–Crippen MR) is 176 cm³/mol. The number of piperidine rings is 1. The third-order valence-corrected chi connectivity index (χ3v) is 7.90. The number of hydrogen-bond acceptors (Lipinski definition) is 11. The molecule has 1 aromatic carbocycles. The number of anilines is 2. The number of carbonyl (C=O) groups excluding carboxylic acids is 1. The molecule has 4 heterocycles. The molecule has 1 fully saturated rings. The fourth-order valence-corrected chi connectivity index (χ4v) is 5.79. The number of ether oxygens (including phenoxy) is 2. The molecule has 2 unspecified atom stereocenters. The van der Waals surface area contributed by atoms with Crippen molar-refractivity contribution in [2.45, 2.75) is 58.0 Å². The summed E-state index contributed by atoms with van der Waals surface area (Å²) in [5.74, 6) is 2.75. The van der Waals surface area contributed by atoms with Crippen LogP contribution in [0.1, 0.15) is 46.5 Å². The minimum absolute atomic E-state index is 0.217. The summed E-state index contributed by atoms with van der Waals surface area (Å²) in [6.07, 6.45) is 6.12. The quantitative estimate of drug-likeness (QED) is 0.247. The molecule has 0 aliphatic carbocycles. The van der Waals surface area contributed by atoms with Gasteiger partial charge >= 0.3 is 6.03 Å². The zero-order valence-corrected chi connectivity index (χ0v) is 27.3. The Bertz CT molecular complexity index is 1490. The van der Waals surface area contributed by atoms with Gasteiger partial charge in [-0.1, -0.05) is 5.22 Å². The van der Waals surface area contributed by atoms with E-state index in [1.165, 1.54) is 19.4 Å². The van der Waals surface area contributed by atoms with Crippen LogP contribution in [0.15, 0.2) is 40.8 Å². The van der Waals surface area contributed by atoms with E-state index >= 15 is 0 Å². The normalized spacial score (nSPS) is 18.7. The van der Waals surface area contributed by atoms with Crippen LogP contribution in [0.3, 0.4) is 0 Å². The van der Waals surface area contributed by atoms with Gasteiger partial charge in [-0.3, -0.25) is 10.3 Å². The fraction of sp³-hybridized carbons (Fsp3) is 0.562. The number of likely N-dealkylation sites (tertiary alicyclic amines) is 1. The van der Waals surface area contributed by atoms with E-state index in [1.807, 2.05) is 39.0 Å². The van der Waals surface area contributed by atoms with E-state index in [0.717, 1.165) is 43.4 Å². The lowest BCUT2D eigenvalue weighted by Gasteiger charge is -2.31. The van der Waals surface area contributed by atoms with Crippen molar-refractivity contribution in [1.29, 1.82) is 0 Å². The highest BCUT2D eigenvalue weighted by molar-refractivity contribution is 5.96. The van der Waals surface area contributed by atoms with Crippen LogP contribution in [-0.4, -0.2) is 96.5 Å². The van der Waals surface area contributed by atoms with Crippen molar-refractivity contribution in [3.05, 3.63) is 30.5 Å². The number of benzene rings is 1. The maximum atomic E-state index is 12.9. The van der Waals surface area contributed by atoms with Crippen LogP contribution in [-0.2, 0) is 0 Å². The smallest absolute Gasteiger partial charge is 0.320 e. The number of carbonyl (C=O) groups is 1. The van der Waals surface area contributed by atoms with E-state index in [-0.39, 0.29) is 12.1 Å². The van der Waals surface area contributed by atoms with Gasteiger partial charge in [-0.05, 0) is 89.7 Å². The van der Waals surface area contributed by atoms with Crippen molar-refractivity contribution in [3.63, 3.8) is 0 Å². The summed E-state index contributed by atoms with van der Waals surface area (Å²) >= 11 is 0. The topological polar surface area (TPSA) is 141 Å². The first-order chi connectivity index (χ1) is 21.6. The number of urea groups is 1. The van der Waals surface area contributed by atoms with Gasteiger partial charge in [0.05, 0.1) is 26.8 Å². The minimum atomic E-state index is -0.426. The van der Waals surface area contributed by atoms with Crippen LogP contribution in [0.4, 0.5) is 16.6 Å². The molecule has 5 rings (SSSR count). The highest BCUT2D eigenvalue weighted by Crippen LogP contribution is 2.35. The molecule has 2 aliphatic rings. The molecular formula is C32H46N10O3. The van der Waals surface area contributed by atoms with E-state index in [9.17, 15) is 4.79 Å². The van der Waals surface area contributed by atoms with Crippen molar-refractivity contribution >= 4 is 28.8 Å². The summed E-state index contributed by atoms with van der Waals surface area (Å²) in [6, 6.07) is 7.29. The van der Waals surface area contributed by atoms with Gasteiger partial charge in [0.1, 0.15) is 17.3 Å². The molecule has 13 heteroatoms. The Morgan fingerprint density at radius 3 is 2.56 bits per heavy atom. The lowest BCUT2D eigenvalue weighted by atomic mass is 9.98. The summed E-state index contributed by atoms with van der Waals surface area (Å²) in [6.45, 7) is 10.7. The predicted octanol–water partition coefficient (Wildman–Crippen LogP) is 5.21. The van der Waals surface area contributed by atoms with Crippen LogP contribution >= 0.6 is 0 Å². The molecule has 13 nitrogen and oxygen atoms in total. The average Bonchev–Trinajstić information content (AvgIpc) is 3.44. The second-order valence-electron chi connectivity index (χ2n) is 13.0. The van der Waals surface area contributed by atoms with Gasteiger partial charge in [0.2, 0.25) is 5.95 Å². The number of nitrogens with one attached hydrogen (secondary N) is 3. The Morgan fingerprint density at radius 2 is 1.84 bits per heavy atom. The second-order valence-corrected chi connectivity index (χ2v) is 13.0. The molecule has 2 aliphatic heterocycles. The molecule has 0 saturated carbocycles. The monoisotopic (exact) mass is 618 g/mol. The van der Waals surface area contributed by atoms with Crippen molar-refractivity contribution < 1.29 is 14.3 Å². The van der Waals surface area contributed by atoms with Crippen LogP contribution < -0.4 is 25.4 Å². The molecule has 3 aromatic rings. The maximum Gasteiger partial charge on any atom is 0.320 e. The Morgan fingerprint density at radius 1 is 1.07 bits per heavy atom. The number of methoxy groups -OCH3 is 2. The van der Waals surface area contributed by atoms with Gasteiger partial charge in [0.25, 0.3) is 0 Å². The second kappa shape index (κ2) is 14.2. The van der Waals surface area contributed by atoms with Crippen molar-refractivity contribution in [1.82, 2.24) is 30.2 Å². The molecule has 2 atom stereocenters. The fourth-order valence-electron chi connectivity index (χ4n) is 5.79. The molecule has 2 aromatic heterocycles. The molecule has 2 amide bonds. The van der Waals surface area contributed by atoms with Gasteiger partial charge in [0, 0.05) is 48.4 Å². The number of pyridine rings is 1. The summed E-state index contributed by atoms with van der Waals surface area (Å²) in [4.78, 5) is 29.3. The SMILES string of the molecule is COc1cc(OC)cc(-c2cc3cnc(NCCCC4CN(CC5CCCN(C)C5)N=N4)nc3nc2NC(=O)NC(C)(C)C)c1.